The topological polar surface area (TPSA) is 106 Å². The summed E-state index contributed by atoms with van der Waals surface area (Å²) in [5, 5.41) is 11.0. The summed E-state index contributed by atoms with van der Waals surface area (Å²) in [5.74, 6) is 0.536. The number of nitrogens with zero attached hydrogens (tertiary/aromatic N) is 2. The molecule has 0 atom stereocenters. The number of nitrogens with one attached hydrogen (secondary N) is 1. The maximum absolute atomic E-state index is 12.6. The van der Waals surface area contributed by atoms with Crippen molar-refractivity contribution in [2.24, 2.45) is 10.2 Å². The van der Waals surface area contributed by atoms with Crippen LogP contribution in [0.25, 0.3) is 0 Å². The van der Waals surface area contributed by atoms with Gasteiger partial charge in [0.1, 0.15) is 10.6 Å². The SMILES string of the molecule is CCOc1ccc(S(=O)(=O)Oc2ccccc2/C=N/N=C2/NC(=O)C(C)(C)S2)cc1. The van der Waals surface area contributed by atoms with E-state index in [-0.39, 0.29) is 16.6 Å². The molecule has 1 fully saturated rings. The Hall–Kier alpha value is -2.85. The van der Waals surface area contributed by atoms with Crippen molar-refractivity contribution in [2.75, 3.05) is 6.61 Å². The quantitative estimate of drug-likeness (QED) is 0.397. The van der Waals surface area contributed by atoms with Crippen molar-refractivity contribution in [2.45, 2.75) is 30.4 Å². The number of para-hydroxylation sites is 1. The Labute approximate surface area is 179 Å². The monoisotopic (exact) mass is 447 g/mol. The number of carbonyl (C=O) groups excluding carboxylic acids is 1. The van der Waals surface area contributed by atoms with Gasteiger partial charge in [-0.05, 0) is 57.2 Å². The molecule has 2 aromatic rings. The third-order valence-electron chi connectivity index (χ3n) is 4.01. The summed E-state index contributed by atoms with van der Waals surface area (Å²) in [4.78, 5) is 11.8. The molecular formula is C20H21N3O5S2. The minimum Gasteiger partial charge on any atom is -0.494 e. The number of carbonyl (C=O) groups is 1. The molecule has 0 unspecified atom stereocenters. The second-order valence-corrected chi connectivity index (χ2v) is 9.85. The largest absolute Gasteiger partial charge is 0.494 e. The molecule has 10 heteroatoms. The van der Waals surface area contributed by atoms with E-state index < -0.39 is 14.9 Å². The second-order valence-electron chi connectivity index (χ2n) is 6.70. The number of amidine groups is 1. The van der Waals surface area contributed by atoms with Crippen LogP contribution >= 0.6 is 11.8 Å². The summed E-state index contributed by atoms with van der Waals surface area (Å²) < 4.78 is 35.3. The Balaban J connectivity index is 1.77. The van der Waals surface area contributed by atoms with Gasteiger partial charge in [0.2, 0.25) is 5.91 Å². The molecule has 30 heavy (non-hydrogen) atoms. The fourth-order valence-corrected chi connectivity index (χ4v) is 4.26. The van der Waals surface area contributed by atoms with Crippen LogP contribution in [-0.4, -0.2) is 37.1 Å². The van der Waals surface area contributed by atoms with Crippen LogP contribution in [-0.2, 0) is 14.9 Å². The van der Waals surface area contributed by atoms with E-state index in [2.05, 4.69) is 15.5 Å². The lowest BCUT2D eigenvalue weighted by atomic mass is 10.2. The molecule has 1 aliphatic heterocycles. The Bertz CT molecular complexity index is 1090. The summed E-state index contributed by atoms with van der Waals surface area (Å²) in [6, 6.07) is 12.5. The molecule has 8 nitrogen and oxygen atoms in total. The van der Waals surface area contributed by atoms with E-state index in [4.69, 9.17) is 8.92 Å². The summed E-state index contributed by atoms with van der Waals surface area (Å²) in [6.45, 7) is 5.90. The first-order chi connectivity index (χ1) is 14.2. The van der Waals surface area contributed by atoms with Gasteiger partial charge in [-0.1, -0.05) is 23.9 Å². The van der Waals surface area contributed by atoms with Gasteiger partial charge in [-0.3, -0.25) is 4.79 Å². The van der Waals surface area contributed by atoms with Gasteiger partial charge in [0, 0.05) is 5.56 Å². The summed E-state index contributed by atoms with van der Waals surface area (Å²) in [5.41, 5.74) is 0.421. The molecule has 0 bridgehead atoms. The normalized spacial score (nSPS) is 17.3. The summed E-state index contributed by atoms with van der Waals surface area (Å²) in [6.07, 6.45) is 1.37. The second kappa shape index (κ2) is 8.88. The molecule has 0 spiro atoms. The van der Waals surface area contributed by atoms with Gasteiger partial charge in [-0.2, -0.15) is 13.5 Å². The van der Waals surface area contributed by atoms with Crippen molar-refractivity contribution in [1.29, 1.82) is 0 Å². The summed E-state index contributed by atoms with van der Waals surface area (Å²) >= 11 is 1.27. The minimum absolute atomic E-state index is 0.00485. The van der Waals surface area contributed by atoms with Crippen molar-refractivity contribution in [1.82, 2.24) is 5.32 Å². The van der Waals surface area contributed by atoms with E-state index >= 15 is 0 Å². The third kappa shape index (κ3) is 5.19. The highest BCUT2D eigenvalue weighted by atomic mass is 32.2. The molecule has 0 radical (unpaired) electrons. The van der Waals surface area contributed by atoms with Crippen LogP contribution in [0.3, 0.4) is 0 Å². The smallest absolute Gasteiger partial charge is 0.339 e. The zero-order chi connectivity index (χ0) is 21.8. The van der Waals surface area contributed by atoms with Gasteiger partial charge >= 0.3 is 10.1 Å². The average Bonchev–Trinajstić information content (AvgIpc) is 2.95. The van der Waals surface area contributed by atoms with Crippen LogP contribution in [0.4, 0.5) is 0 Å². The van der Waals surface area contributed by atoms with E-state index in [9.17, 15) is 13.2 Å². The number of rotatable bonds is 7. The van der Waals surface area contributed by atoms with Crippen LogP contribution in [0.15, 0.2) is 63.6 Å². The number of thioether (sulfide) groups is 1. The van der Waals surface area contributed by atoms with Gasteiger partial charge in [0.25, 0.3) is 0 Å². The van der Waals surface area contributed by atoms with Crippen molar-refractivity contribution in [3.8, 4) is 11.5 Å². The van der Waals surface area contributed by atoms with E-state index in [1.54, 1.807) is 44.2 Å². The Kier molecular flexibility index (Phi) is 6.47. The molecule has 0 aromatic heterocycles. The molecular weight excluding hydrogens is 426 g/mol. The number of hydrogen-bond acceptors (Lipinski definition) is 8. The Morgan fingerprint density at radius 3 is 2.47 bits per heavy atom. The lowest BCUT2D eigenvalue weighted by Gasteiger charge is -2.10. The average molecular weight is 448 g/mol. The third-order valence-corrected chi connectivity index (χ3v) is 6.33. The minimum atomic E-state index is -4.05. The van der Waals surface area contributed by atoms with Crippen molar-refractivity contribution in [3.05, 3.63) is 54.1 Å². The first kappa shape index (κ1) is 21.8. The molecule has 2 aromatic carbocycles. The van der Waals surface area contributed by atoms with Crippen LogP contribution < -0.4 is 14.2 Å². The standard InChI is InChI=1S/C20H21N3O5S2/c1-4-27-15-9-11-16(12-10-15)30(25,26)28-17-8-6-5-7-14(17)13-21-23-19-22-18(24)20(2,3)29-19/h5-13H,4H2,1-3H3,(H,22,23,24)/b21-13+. The molecule has 0 saturated carbocycles. The highest BCUT2D eigenvalue weighted by Crippen LogP contribution is 2.30. The van der Waals surface area contributed by atoms with Crippen LogP contribution in [0.1, 0.15) is 26.3 Å². The van der Waals surface area contributed by atoms with E-state index in [0.29, 0.717) is 23.1 Å². The molecule has 158 valence electrons. The van der Waals surface area contributed by atoms with Crippen molar-refractivity contribution < 1.29 is 22.1 Å². The van der Waals surface area contributed by atoms with Crippen molar-refractivity contribution in [3.63, 3.8) is 0 Å². The number of benzene rings is 2. The maximum Gasteiger partial charge on any atom is 0.339 e. The highest BCUT2D eigenvalue weighted by Gasteiger charge is 2.38. The lowest BCUT2D eigenvalue weighted by molar-refractivity contribution is -0.120. The molecule has 1 saturated heterocycles. The maximum atomic E-state index is 12.6. The zero-order valence-corrected chi connectivity index (χ0v) is 18.3. The highest BCUT2D eigenvalue weighted by molar-refractivity contribution is 8.16. The van der Waals surface area contributed by atoms with Gasteiger partial charge in [-0.25, -0.2) is 0 Å². The van der Waals surface area contributed by atoms with Gasteiger partial charge in [0.15, 0.2) is 10.9 Å². The number of ether oxygens (including phenoxy) is 1. The Morgan fingerprint density at radius 1 is 1.13 bits per heavy atom. The van der Waals surface area contributed by atoms with Gasteiger partial charge in [-0.15, -0.1) is 5.10 Å². The first-order valence-corrected chi connectivity index (χ1v) is 11.3. The first-order valence-electron chi connectivity index (χ1n) is 9.09. The number of amides is 1. The lowest BCUT2D eigenvalue weighted by Crippen LogP contribution is -2.30. The molecule has 1 aliphatic rings. The zero-order valence-electron chi connectivity index (χ0n) is 16.7. The van der Waals surface area contributed by atoms with Crippen LogP contribution in [0.2, 0.25) is 0 Å². The fourth-order valence-electron chi connectivity index (χ4n) is 2.45. The van der Waals surface area contributed by atoms with Crippen LogP contribution in [0, 0.1) is 0 Å². The van der Waals surface area contributed by atoms with E-state index in [1.807, 2.05) is 6.92 Å². The predicted molar refractivity (Wildman–Crippen MR) is 117 cm³/mol. The van der Waals surface area contributed by atoms with Crippen molar-refractivity contribution >= 4 is 39.2 Å². The fraction of sp³-hybridized carbons (Fsp3) is 0.250. The molecule has 1 N–H and O–H groups in total. The molecule has 1 amide bonds. The van der Waals surface area contributed by atoms with Gasteiger partial charge < -0.3 is 14.2 Å². The molecule has 1 heterocycles. The van der Waals surface area contributed by atoms with E-state index in [0.717, 1.165) is 0 Å². The summed E-state index contributed by atoms with van der Waals surface area (Å²) in [7, 11) is -4.05. The Morgan fingerprint density at radius 2 is 1.83 bits per heavy atom. The van der Waals surface area contributed by atoms with E-state index in [1.165, 1.54) is 36.2 Å². The molecule has 3 rings (SSSR count). The van der Waals surface area contributed by atoms with Crippen LogP contribution in [0.5, 0.6) is 11.5 Å². The molecule has 0 aliphatic carbocycles. The van der Waals surface area contributed by atoms with Gasteiger partial charge in [0.05, 0.1) is 17.6 Å². The predicted octanol–water partition coefficient (Wildman–Crippen LogP) is 3.18. The number of hydrogen-bond donors (Lipinski definition) is 1.